The summed E-state index contributed by atoms with van der Waals surface area (Å²) in [6.45, 7) is 9.52. The fourth-order valence-corrected chi connectivity index (χ4v) is 10.7. The largest absolute Gasteiger partial charge is 0.458 e. The van der Waals surface area contributed by atoms with Crippen molar-refractivity contribution in [2.45, 2.75) is 135 Å². The molecule has 0 aromatic rings. The molecular weight excluding hydrogens is 568 g/mol. The number of methoxy groups -OCH3 is 1. The van der Waals surface area contributed by atoms with Crippen LogP contribution in [0.15, 0.2) is 11.6 Å². The molecule has 0 spiro atoms. The van der Waals surface area contributed by atoms with Crippen molar-refractivity contribution in [2.75, 3.05) is 13.7 Å². The third-order valence-corrected chi connectivity index (χ3v) is 12.9. The van der Waals surface area contributed by atoms with Gasteiger partial charge < -0.3 is 33.5 Å². The molecule has 0 radical (unpaired) electrons. The zero-order valence-corrected chi connectivity index (χ0v) is 27.0. The summed E-state index contributed by atoms with van der Waals surface area (Å²) in [5.41, 5.74) is 0.159. The maximum absolute atomic E-state index is 12.5. The first kappa shape index (κ1) is 32.0. The van der Waals surface area contributed by atoms with Gasteiger partial charge in [0.25, 0.3) is 0 Å². The molecule has 1 saturated heterocycles. The Kier molecular flexibility index (Phi) is 8.46. The molecule has 246 valence electrons. The van der Waals surface area contributed by atoms with Gasteiger partial charge in [0, 0.05) is 32.4 Å². The van der Waals surface area contributed by atoms with Gasteiger partial charge in [0.15, 0.2) is 18.5 Å². The number of carbonyl (C=O) groups is 3. The van der Waals surface area contributed by atoms with Crippen LogP contribution in [-0.2, 0) is 42.8 Å². The zero-order valence-electron chi connectivity index (χ0n) is 27.0. The van der Waals surface area contributed by atoms with Gasteiger partial charge in [-0.3, -0.25) is 9.59 Å². The van der Waals surface area contributed by atoms with Crippen LogP contribution in [0.4, 0.5) is 0 Å². The minimum absolute atomic E-state index is 0.0812. The lowest BCUT2D eigenvalue weighted by Crippen LogP contribution is -2.63. The third kappa shape index (κ3) is 5.12. The molecule has 0 bridgehead atoms. The predicted octanol–water partition coefficient (Wildman–Crippen LogP) is 4.25. The van der Waals surface area contributed by atoms with Crippen LogP contribution in [0.2, 0.25) is 0 Å². The summed E-state index contributed by atoms with van der Waals surface area (Å²) in [4.78, 5) is 35.7. The van der Waals surface area contributed by atoms with Crippen LogP contribution in [0.5, 0.6) is 0 Å². The Morgan fingerprint density at radius 3 is 2.32 bits per heavy atom. The van der Waals surface area contributed by atoms with Crippen molar-refractivity contribution in [2.24, 2.45) is 34.5 Å². The van der Waals surface area contributed by atoms with E-state index in [4.69, 9.17) is 28.4 Å². The summed E-state index contributed by atoms with van der Waals surface area (Å²) < 4.78 is 34.9. The lowest BCUT2D eigenvalue weighted by molar-refractivity contribution is -0.317. The average Bonchev–Trinajstić information content (AvgIpc) is 3.50. The standard InChI is InChI=1S/C34H50O10/c1-18-28(42-19(2)35)29(39-6)30(43-20(3)36)31(41-18)44-23-9-12-32(4)22(16-23)7-8-26-25(32)10-13-33(5)24(11-14-34(26,33)38)21-15-27(37)40-17-21/h15,18,22-26,28-31,38H,7-14,16-17H2,1-6H3/t18-,22+,23-,24-,25+,26-,28-,29+,30-,31-,32-,33+,34-/m0/s1. The number of esters is 3. The molecule has 0 aromatic carbocycles. The SMILES string of the molecule is CO[C@H]1[C@H](OC(C)=O)[C@H](O[C@H]2CC[C@@]3(C)[C@H](CC[C@H]4[C@H]3CC[C@]3(C)[C@H](C5=CC(=O)OC5)CC[C@]43O)C2)O[C@@H](C)[C@@H]1OC(C)=O. The monoisotopic (exact) mass is 618 g/mol. The number of aliphatic hydroxyl groups is 1. The first-order valence-electron chi connectivity index (χ1n) is 16.6. The van der Waals surface area contributed by atoms with Crippen LogP contribution in [0.25, 0.3) is 0 Å². The van der Waals surface area contributed by atoms with Crippen molar-refractivity contribution >= 4 is 17.9 Å². The van der Waals surface area contributed by atoms with Crippen LogP contribution in [0, 0.1) is 34.5 Å². The summed E-state index contributed by atoms with van der Waals surface area (Å²) in [5.74, 6) is 0.0897. The fourth-order valence-electron chi connectivity index (χ4n) is 10.7. The molecule has 6 rings (SSSR count). The minimum atomic E-state index is -0.877. The Hall–Kier alpha value is -2.01. The first-order chi connectivity index (χ1) is 20.8. The Bertz CT molecular complexity index is 1180. The second-order valence-electron chi connectivity index (χ2n) is 14.9. The van der Waals surface area contributed by atoms with E-state index in [0.717, 1.165) is 63.4 Å². The van der Waals surface area contributed by atoms with Gasteiger partial charge in [0.2, 0.25) is 0 Å². The van der Waals surface area contributed by atoms with E-state index in [2.05, 4.69) is 13.8 Å². The lowest BCUT2D eigenvalue weighted by Gasteiger charge is -2.64. The van der Waals surface area contributed by atoms with Gasteiger partial charge in [-0.1, -0.05) is 13.8 Å². The van der Waals surface area contributed by atoms with Gasteiger partial charge in [-0.2, -0.15) is 0 Å². The zero-order chi connectivity index (χ0) is 31.6. The Morgan fingerprint density at radius 1 is 0.932 bits per heavy atom. The molecule has 0 amide bonds. The highest BCUT2D eigenvalue weighted by atomic mass is 16.7. The van der Waals surface area contributed by atoms with Crippen molar-refractivity contribution in [3.63, 3.8) is 0 Å². The summed E-state index contributed by atoms with van der Waals surface area (Å²) >= 11 is 0. The fraction of sp³-hybridized carbons (Fsp3) is 0.853. The summed E-state index contributed by atoms with van der Waals surface area (Å²) in [6, 6.07) is 0. The average molecular weight is 619 g/mol. The molecule has 5 fully saturated rings. The summed E-state index contributed by atoms with van der Waals surface area (Å²) in [5, 5.41) is 12.5. The quantitative estimate of drug-likeness (QED) is 0.262. The summed E-state index contributed by atoms with van der Waals surface area (Å²) in [7, 11) is 1.50. The molecule has 6 aliphatic rings. The molecule has 2 aliphatic heterocycles. The van der Waals surface area contributed by atoms with Crippen molar-refractivity contribution in [3.05, 3.63) is 11.6 Å². The molecule has 10 nitrogen and oxygen atoms in total. The molecular formula is C34H50O10. The highest BCUT2D eigenvalue weighted by molar-refractivity contribution is 5.85. The number of ether oxygens (including phenoxy) is 6. The number of rotatable bonds is 6. The highest BCUT2D eigenvalue weighted by Gasteiger charge is 2.68. The van der Waals surface area contributed by atoms with Gasteiger partial charge >= 0.3 is 17.9 Å². The predicted molar refractivity (Wildman–Crippen MR) is 157 cm³/mol. The Labute approximate surface area is 260 Å². The Balaban J connectivity index is 1.16. The molecule has 4 aliphatic carbocycles. The maximum Gasteiger partial charge on any atom is 0.331 e. The van der Waals surface area contributed by atoms with Gasteiger partial charge in [0.1, 0.15) is 12.7 Å². The van der Waals surface area contributed by atoms with Gasteiger partial charge in [-0.15, -0.1) is 0 Å². The molecule has 0 aromatic heterocycles. The van der Waals surface area contributed by atoms with Crippen molar-refractivity contribution < 1.29 is 47.9 Å². The van der Waals surface area contributed by atoms with Crippen molar-refractivity contribution in [1.82, 2.24) is 0 Å². The van der Waals surface area contributed by atoms with Crippen molar-refractivity contribution in [3.8, 4) is 0 Å². The second kappa shape index (κ2) is 11.7. The topological polar surface area (TPSA) is 127 Å². The molecule has 1 N–H and O–H groups in total. The maximum atomic E-state index is 12.5. The van der Waals surface area contributed by atoms with Crippen LogP contribution >= 0.6 is 0 Å². The first-order valence-corrected chi connectivity index (χ1v) is 16.6. The molecule has 10 heteroatoms. The third-order valence-electron chi connectivity index (χ3n) is 12.9. The van der Waals surface area contributed by atoms with E-state index < -0.39 is 48.2 Å². The minimum Gasteiger partial charge on any atom is -0.458 e. The van der Waals surface area contributed by atoms with Gasteiger partial charge in [-0.25, -0.2) is 4.79 Å². The van der Waals surface area contributed by atoms with E-state index in [9.17, 15) is 19.5 Å². The van der Waals surface area contributed by atoms with Gasteiger partial charge in [0.05, 0.1) is 17.8 Å². The second-order valence-corrected chi connectivity index (χ2v) is 14.9. The normalized spacial score (nSPS) is 48.3. The number of carbonyl (C=O) groups excluding carboxylic acids is 3. The number of fused-ring (bicyclic) bond motifs is 5. The summed E-state index contributed by atoms with van der Waals surface area (Å²) in [6.07, 6.45) is 6.29. The molecule has 13 atom stereocenters. The molecule has 2 heterocycles. The number of cyclic esters (lactones) is 1. The van der Waals surface area contributed by atoms with Crippen LogP contribution in [0.3, 0.4) is 0 Å². The van der Waals surface area contributed by atoms with E-state index in [1.54, 1.807) is 6.08 Å². The van der Waals surface area contributed by atoms with Crippen molar-refractivity contribution in [1.29, 1.82) is 0 Å². The number of hydrogen-bond acceptors (Lipinski definition) is 10. The molecule has 0 unspecified atom stereocenters. The van der Waals surface area contributed by atoms with E-state index in [1.165, 1.54) is 21.0 Å². The van der Waals surface area contributed by atoms with E-state index in [0.29, 0.717) is 18.4 Å². The van der Waals surface area contributed by atoms with Gasteiger partial charge in [-0.05, 0) is 99.4 Å². The Morgan fingerprint density at radius 2 is 1.66 bits per heavy atom. The molecule has 4 saturated carbocycles. The highest BCUT2D eigenvalue weighted by Crippen LogP contribution is 2.70. The van der Waals surface area contributed by atoms with Crippen LogP contribution in [0.1, 0.15) is 92.4 Å². The number of hydrogen-bond donors (Lipinski definition) is 1. The van der Waals surface area contributed by atoms with E-state index in [1.807, 2.05) is 6.92 Å². The van der Waals surface area contributed by atoms with E-state index >= 15 is 0 Å². The van der Waals surface area contributed by atoms with Crippen LogP contribution in [-0.4, -0.2) is 79.1 Å². The lowest BCUT2D eigenvalue weighted by atomic mass is 9.43. The van der Waals surface area contributed by atoms with E-state index in [-0.39, 0.29) is 34.7 Å². The molecule has 44 heavy (non-hydrogen) atoms. The smallest absolute Gasteiger partial charge is 0.331 e. The van der Waals surface area contributed by atoms with Crippen LogP contribution < -0.4 is 0 Å².